The maximum Gasteiger partial charge on any atom is 0.234 e. The molecular weight excluding hydrogens is 190 g/mol. The largest absolute Gasteiger partial charge is 0.368 e. The van der Waals surface area contributed by atoms with Crippen LogP contribution in [0.5, 0.6) is 0 Å². The lowest BCUT2D eigenvalue weighted by atomic mass is 9.99. The van der Waals surface area contributed by atoms with Crippen LogP contribution in [0.2, 0.25) is 0 Å². The van der Waals surface area contributed by atoms with Crippen LogP contribution in [0.15, 0.2) is 0 Å². The van der Waals surface area contributed by atoms with Gasteiger partial charge in [-0.15, -0.1) is 0 Å². The van der Waals surface area contributed by atoms with Crippen LogP contribution in [0.25, 0.3) is 0 Å². The number of likely N-dealkylation sites (tertiary alicyclic amines) is 1. The van der Waals surface area contributed by atoms with Crippen LogP contribution in [-0.4, -0.2) is 55.0 Å². The van der Waals surface area contributed by atoms with Crippen molar-refractivity contribution in [2.75, 3.05) is 27.2 Å². The van der Waals surface area contributed by atoms with Gasteiger partial charge in [0.05, 0.1) is 6.04 Å². The van der Waals surface area contributed by atoms with E-state index in [1.54, 1.807) is 0 Å². The molecule has 15 heavy (non-hydrogen) atoms. The number of likely N-dealkylation sites (N-methyl/N-ethyl adjacent to an activating group) is 1. The van der Waals surface area contributed by atoms with E-state index in [-0.39, 0.29) is 11.9 Å². The molecule has 1 aliphatic heterocycles. The highest BCUT2D eigenvalue weighted by molar-refractivity contribution is 5.79. The van der Waals surface area contributed by atoms with Gasteiger partial charge in [0, 0.05) is 12.6 Å². The van der Waals surface area contributed by atoms with Crippen LogP contribution >= 0.6 is 0 Å². The van der Waals surface area contributed by atoms with Gasteiger partial charge in [-0.3, -0.25) is 9.69 Å². The molecular formula is C11H23N3O. The number of nitrogens with zero attached hydrogens (tertiary/aromatic N) is 2. The van der Waals surface area contributed by atoms with Crippen molar-refractivity contribution in [1.82, 2.24) is 9.80 Å². The van der Waals surface area contributed by atoms with E-state index in [9.17, 15) is 4.79 Å². The molecule has 0 aromatic carbocycles. The first kappa shape index (κ1) is 12.5. The topological polar surface area (TPSA) is 49.6 Å². The van der Waals surface area contributed by atoms with Gasteiger partial charge in [-0.2, -0.15) is 0 Å². The van der Waals surface area contributed by atoms with Crippen molar-refractivity contribution < 1.29 is 4.79 Å². The number of carbonyl (C=O) groups excluding carboxylic acids is 1. The zero-order valence-corrected chi connectivity index (χ0v) is 10.1. The summed E-state index contributed by atoms with van der Waals surface area (Å²) in [5.74, 6) is -0.208. The maximum absolute atomic E-state index is 11.2. The highest BCUT2D eigenvalue weighted by Gasteiger charge is 2.29. The Bertz CT molecular complexity index is 218. The molecule has 4 nitrogen and oxygen atoms in total. The minimum Gasteiger partial charge on any atom is -0.368 e. The fourth-order valence-electron chi connectivity index (χ4n) is 2.31. The SMILES string of the molecule is CC(C(N)=O)N1CCCCC1CN(C)C. The first-order valence-corrected chi connectivity index (χ1v) is 5.72. The number of primary amides is 1. The van der Waals surface area contributed by atoms with E-state index in [2.05, 4.69) is 23.9 Å². The lowest BCUT2D eigenvalue weighted by Gasteiger charge is -2.39. The van der Waals surface area contributed by atoms with Gasteiger partial charge >= 0.3 is 0 Å². The number of carbonyl (C=O) groups is 1. The minimum absolute atomic E-state index is 0.129. The molecule has 0 aliphatic carbocycles. The number of amides is 1. The predicted molar refractivity (Wildman–Crippen MR) is 61.6 cm³/mol. The smallest absolute Gasteiger partial charge is 0.234 e. The monoisotopic (exact) mass is 213 g/mol. The predicted octanol–water partition coefficient (Wildman–Crippen LogP) is 0.276. The van der Waals surface area contributed by atoms with E-state index in [4.69, 9.17) is 5.73 Å². The third-order valence-corrected chi connectivity index (χ3v) is 3.16. The van der Waals surface area contributed by atoms with Gasteiger partial charge in [0.25, 0.3) is 0 Å². The molecule has 0 aromatic heterocycles. The average Bonchev–Trinajstić information content (AvgIpc) is 2.16. The van der Waals surface area contributed by atoms with E-state index < -0.39 is 0 Å². The Morgan fingerprint density at radius 3 is 2.73 bits per heavy atom. The summed E-state index contributed by atoms with van der Waals surface area (Å²) in [5, 5.41) is 0. The number of piperidine rings is 1. The van der Waals surface area contributed by atoms with Crippen molar-refractivity contribution in [3.63, 3.8) is 0 Å². The second kappa shape index (κ2) is 5.47. The molecule has 1 rings (SSSR count). The summed E-state index contributed by atoms with van der Waals surface area (Å²) >= 11 is 0. The highest BCUT2D eigenvalue weighted by Crippen LogP contribution is 2.19. The fraction of sp³-hybridized carbons (Fsp3) is 0.909. The molecule has 0 radical (unpaired) electrons. The van der Waals surface area contributed by atoms with Gasteiger partial charge in [0.15, 0.2) is 0 Å². The molecule has 2 N–H and O–H groups in total. The molecule has 1 heterocycles. The second-order valence-electron chi connectivity index (χ2n) is 4.73. The molecule has 0 saturated carbocycles. The van der Waals surface area contributed by atoms with E-state index in [0.717, 1.165) is 13.1 Å². The number of hydrogen-bond acceptors (Lipinski definition) is 3. The molecule has 2 unspecified atom stereocenters. The van der Waals surface area contributed by atoms with Crippen molar-refractivity contribution >= 4 is 5.91 Å². The van der Waals surface area contributed by atoms with E-state index in [1.807, 2.05) is 6.92 Å². The average molecular weight is 213 g/mol. The van der Waals surface area contributed by atoms with Crippen LogP contribution in [0.1, 0.15) is 26.2 Å². The molecule has 0 spiro atoms. The Morgan fingerprint density at radius 1 is 1.53 bits per heavy atom. The first-order valence-electron chi connectivity index (χ1n) is 5.72. The van der Waals surface area contributed by atoms with Crippen LogP contribution in [0.3, 0.4) is 0 Å². The van der Waals surface area contributed by atoms with Crippen LogP contribution in [0.4, 0.5) is 0 Å². The van der Waals surface area contributed by atoms with Gasteiger partial charge in [-0.05, 0) is 40.4 Å². The summed E-state index contributed by atoms with van der Waals surface area (Å²) in [7, 11) is 4.14. The van der Waals surface area contributed by atoms with Gasteiger partial charge in [0.2, 0.25) is 5.91 Å². The summed E-state index contributed by atoms with van der Waals surface area (Å²) in [6.45, 7) is 3.93. The van der Waals surface area contributed by atoms with Crippen molar-refractivity contribution in [3.8, 4) is 0 Å². The van der Waals surface area contributed by atoms with Crippen molar-refractivity contribution in [2.45, 2.75) is 38.3 Å². The third-order valence-electron chi connectivity index (χ3n) is 3.16. The van der Waals surface area contributed by atoms with Gasteiger partial charge in [-0.25, -0.2) is 0 Å². The van der Waals surface area contributed by atoms with Crippen molar-refractivity contribution in [2.24, 2.45) is 5.73 Å². The minimum atomic E-state index is -0.208. The summed E-state index contributed by atoms with van der Waals surface area (Å²) < 4.78 is 0. The Labute approximate surface area is 92.4 Å². The van der Waals surface area contributed by atoms with Gasteiger partial charge < -0.3 is 10.6 Å². The molecule has 1 saturated heterocycles. The summed E-state index contributed by atoms with van der Waals surface area (Å²) in [5.41, 5.74) is 5.37. The molecule has 4 heteroatoms. The summed E-state index contributed by atoms with van der Waals surface area (Å²) in [6.07, 6.45) is 3.62. The van der Waals surface area contributed by atoms with E-state index in [0.29, 0.717) is 6.04 Å². The number of nitrogens with two attached hydrogens (primary N) is 1. The fourth-order valence-corrected chi connectivity index (χ4v) is 2.31. The number of rotatable bonds is 4. The summed E-state index contributed by atoms with van der Waals surface area (Å²) in [6, 6.07) is 0.353. The summed E-state index contributed by atoms with van der Waals surface area (Å²) in [4.78, 5) is 15.6. The normalized spacial score (nSPS) is 25.5. The molecule has 88 valence electrons. The second-order valence-corrected chi connectivity index (χ2v) is 4.73. The maximum atomic E-state index is 11.2. The number of hydrogen-bond donors (Lipinski definition) is 1. The Morgan fingerprint density at radius 2 is 2.20 bits per heavy atom. The Balaban J connectivity index is 2.60. The van der Waals surface area contributed by atoms with Gasteiger partial charge in [0.1, 0.15) is 0 Å². The Hall–Kier alpha value is -0.610. The quantitative estimate of drug-likeness (QED) is 0.729. The molecule has 2 atom stereocenters. The molecule has 1 fully saturated rings. The van der Waals surface area contributed by atoms with Crippen molar-refractivity contribution in [3.05, 3.63) is 0 Å². The molecule has 0 bridgehead atoms. The van der Waals surface area contributed by atoms with E-state index >= 15 is 0 Å². The zero-order valence-electron chi connectivity index (χ0n) is 10.1. The zero-order chi connectivity index (χ0) is 11.4. The highest BCUT2D eigenvalue weighted by atomic mass is 16.1. The third kappa shape index (κ3) is 3.47. The molecule has 1 amide bonds. The van der Waals surface area contributed by atoms with E-state index in [1.165, 1.54) is 19.3 Å². The van der Waals surface area contributed by atoms with Crippen LogP contribution < -0.4 is 5.73 Å². The first-order chi connectivity index (χ1) is 7.02. The van der Waals surface area contributed by atoms with Crippen LogP contribution in [0, 0.1) is 0 Å². The van der Waals surface area contributed by atoms with Crippen molar-refractivity contribution in [1.29, 1.82) is 0 Å². The molecule has 1 aliphatic rings. The molecule has 0 aromatic rings. The lowest BCUT2D eigenvalue weighted by molar-refractivity contribution is -0.124. The van der Waals surface area contributed by atoms with Gasteiger partial charge in [-0.1, -0.05) is 6.42 Å². The van der Waals surface area contributed by atoms with Crippen LogP contribution in [-0.2, 0) is 4.79 Å². The standard InChI is InChI=1S/C11H23N3O/c1-9(11(12)15)14-7-5-4-6-10(14)8-13(2)3/h9-10H,4-8H2,1-3H3,(H2,12,15). The Kier molecular flexibility index (Phi) is 4.54. The lowest BCUT2D eigenvalue weighted by Crippen LogP contribution is -2.53.